The molecule has 0 aliphatic carbocycles. The molecule has 0 amide bonds. The van der Waals surface area contributed by atoms with E-state index in [0.717, 1.165) is 0 Å². The Kier molecular flexibility index (Phi) is 5.45. The van der Waals surface area contributed by atoms with Crippen molar-refractivity contribution in [1.29, 1.82) is 0 Å². The maximum Gasteiger partial charge on any atom is 0.325 e. The van der Waals surface area contributed by atoms with Gasteiger partial charge in [0.2, 0.25) is 0 Å². The third kappa shape index (κ3) is 4.63. The number of thiocarbonyl (C=S) groups is 1. The van der Waals surface area contributed by atoms with Crippen molar-refractivity contribution in [2.45, 2.75) is 25.8 Å². The second kappa shape index (κ2) is 6.86. The highest BCUT2D eigenvalue weighted by Crippen LogP contribution is 2.05. The molecule has 0 saturated heterocycles. The maximum atomic E-state index is 11.8. The van der Waals surface area contributed by atoms with Crippen molar-refractivity contribution in [3.8, 4) is 0 Å². The predicted octanol–water partition coefficient (Wildman–Crippen LogP) is 2.04. The highest BCUT2D eigenvalue weighted by Gasteiger charge is 2.12. The molecule has 0 aliphatic rings. The van der Waals surface area contributed by atoms with Crippen molar-refractivity contribution in [3.05, 3.63) is 35.9 Å². The fourth-order valence-corrected chi connectivity index (χ4v) is 1.65. The van der Waals surface area contributed by atoms with Crippen LogP contribution in [0, 0.1) is 0 Å². The molecule has 0 bridgehead atoms. The van der Waals surface area contributed by atoms with Gasteiger partial charge in [-0.15, -0.1) is 0 Å². The molecule has 0 aliphatic heterocycles. The lowest BCUT2D eigenvalue weighted by Gasteiger charge is -2.11. The van der Waals surface area contributed by atoms with Crippen LogP contribution in [0.4, 0.5) is 0 Å². The fraction of sp³-hybridized carbons (Fsp3) is 0.308. The van der Waals surface area contributed by atoms with E-state index in [1.165, 1.54) is 6.92 Å². The Balaban J connectivity index is 2.40. The first-order chi connectivity index (χ1) is 8.50. The quantitative estimate of drug-likeness (QED) is 0.608. The number of Topliss-reactive ketones (excluding diaryl/α,β-unsaturated/α-hetero) is 1. The summed E-state index contributed by atoms with van der Waals surface area (Å²) in [6, 6.07) is 8.21. The highest BCUT2D eigenvalue weighted by molar-refractivity contribution is 7.80. The number of hydrogen-bond acceptors (Lipinski definition) is 3. The lowest BCUT2D eigenvalue weighted by Crippen LogP contribution is -2.37. The molecule has 1 atom stereocenters. The second-order valence-corrected chi connectivity index (χ2v) is 4.41. The molecular weight excluding hydrogens is 250 g/mol. The highest BCUT2D eigenvalue weighted by atomic mass is 32.1. The number of aliphatic carboxylic acids is 1. The van der Waals surface area contributed by atoms with E-state index in [2.05, 4.69) is 5.32 Å². The molecule has 0 spiro atoms. The summed E-state index contributed by atoms with van der Waals surface area (Å²) in [7, 11) is 0. The van der Waals surface area contributed by atoms with Crippen LogP contribution in [0.1, 0.15) is 30.1 Å². The summed E-state index contributed by atoms with van der Waals surface area (Å²) in [6.45, 7) is 1.51. The van der Waals surface area contributed by atoms with E-state index in [0.29, 0.717) is 17.0 Å². The largest absolute Gasteiger partial charge is 0.480 e. The lowest BCUT2D eigenvalue weighted by molar-refractivity contribution is -0.138. The molecule has 0 heterocycles. The van der Waals surface area contributed by atoms with E-state index in [1.807, 2.05) is 6.07 Å². The number of ketones is 1. The maximum absolute atomic E-state index is 11.8. The molecule has 0 fully saturated rings. The summed E-state index contributed by atoms with van der Waals surface area (Å²) in [5.41, 5.74) is 0.645. The van der Waals surface area contributed by atoms with Crippen molar-refractivity contribution >= 4 is 29.0 Å². The average molecular weight is 265 g/mol. The summed E-state index contributed by atoms with van der Waals surface area (Å²) < 4.78 is 0. The zero-order valence-corrected chi connectivity index (χ0v) is 10.9. The number of nitrogens with one attached hydrogen (secondary N) is 1. The van der Waals surface area contributed by atoms with Crippen LogP contribution in [0.5, 0.6) is 0 Å². The third-order valence-corrected chi connectivity index (χ3v) is 2.74. The van der Waals surface area contributed by atoms with Crippen molar-refractivity contribution in [1.82, 2.24) is 5.32 Å². The molecule has 5 heteroatoms. The number of carbonyl (C=O) groups excluding carboxylic acids is 1. The van der Waals surface area contributed by atoms with E-state index in [-0.39, 0.29) is 12.2 Å². The van der Waals surface area contributed by atoms with Crippen LogP contribution < -0.4 is 5.32 Å². The number of hydrogen-bond donors (Lipinski definition) is 2. The molecule has 1 aromatic carbocycles. The summed E-state index contributed by atoms with van der Waals surface area (Å²) >= 11 is 4.99. The molecule has 2 N–H and O–H groups in total. The number of carboxylic acid groups (broad SMARTS) is 1. The summed E-state index contributed by atoms with van der Waals surface area (Å²) in [5.74, 6) is -0.963. The molecule has 1 rings (SSSR count). The van der Waals surface area contributed by atoms with Gasteiger partial charge in [0.15, 0.2) is 5.78 Å². The van der Waals surface area contributed by atoms with Gasteiger partial charge < -0.3 is 10.4 Å². The van der Waals surface area contributed by atoms with Crippen LogP contribution >= 0.6 is 12.2 Å². The lowest BCUT2D eigenvalue weighted by atomic mass is 10.1. The van der Waals surface area contributed by atoms with E-state index < -0.39 is 12.0 Å². The zero-order chi connectivity index (χ0) is 13.5. The van der Waals surface area contributed by atoms with Gasteiger partial charge >= 0.3 is 5.97 Å². The van der Waals surface area contributed by atoms with Gasteiger partial charge in [0.25, 0.3) is 0 Å². The SMILES string of the molecule is C[C@H](NC(=S)CCC(=O)c1ccccc1)C(=O)O. The smallest absolute Gasteiger partial charge is 0.325 e. The first-order valence-corrected chi connectivity index (χ1v) is 6.02. The van der Waals surface area contributed by atoms with Gasteiger partial charge in [0.05, 0.1) is 4.99 Å². The first-order valence-electron chi connectivity index (χ1n) is 5.61. The molecule has 18 heavy (non-hydrogen) atoms. The topological polar surface area (TPSA) is 66.4 Å². The average Bonchev–Trinajstić information content (AvgIpc) is 2.36. The molecule has 1 aromatic rings. The summed E-state index contributed by atoms with van der Waals surface area (Å²) in [5, 5.41) is 11.4. The Labute approximate surface area is 111 Å². The zero-order valence-electron chi connectivity index (χ0n) is 10.1. The van der Waals surface area contributed by atoms with Crippen molar-refractivity contribution in [2.75, 3.05) is 0 Å². The van der Waals surface area contributed by atoms with Crippen molar-refractivity contribution in [3.63, 3.8) is 0 Å². The molecule has 96 valence electrons. The summed E-state index contributed by atoms with van der Waals surface area (Å²) in [4.78, 5) is 22.8. The van der Waals surface area contributed by atoms with Gasteiger partial charge in [-0.2, -0.15) is 0 Å². The monoisotopic (exact) mass is 265 g/mol. The molecule has 0 saturated carbocycles. The normalized spacial score (nSPS) is 11.6. The van der Waals surface area contributed by atoms with Crippen LogP contribution in [-0.2, 0) is 4.79 Å². The number of carbonyl (C=O) groups is 2. The molecule has 0 radical (unpaired) electrons. The van der Waals surface area contributed by atoms with Gasteiger partial charge in [0, 0.05) is 18.4 Å². The molecule has 0 aromatic heterocycles. The Morgan fingerprint density at radius 1 is 1.28 bits per heavy atom. The van der Waals surface area contributed by atoms with Crippen molar-refractivity contribution in [2.24, 2.45) is 0 Å². The minimum Gasteiger partial charge on any atom is -0.480 e. The van der Waals surface area contributed by atoms with Crippen LogP contribution in [-0.4, -0.2) is 27.9 Å². The Bertz CT molecular complexity index is 445. The number of benzene rings is 1. The van der Waals surface area contributed by atoms with E-state index >= 15 is 0 Å². The van der Waals surface area contributed by atoms with Gasteiger partial charge in [-0.05, 0) is 6.92 Å². The third-order valence-electron chi connectivity index (χ3n) is 2.42. The molecular formula is C13H15NO3S. The molecule has 0 unspecified atom stereocenters. The predicted molar refractivity (Wildman–Crippen MR) is 72.8 cm³/mol. The van der Waals surface area contributed by atoms with Gasteiger partial charge in [-0.25, -0.2) is 0 Å². The molecule has 4 nitrogen and oxygen atoms in total. The Morgan fingerprint density at radius 3 is 2.44 bits per heavy atom. The minimum atomic E-state index is -0.966. The second-order valence-electron chi connectivity index (χ2n) is 3.92. The van der Waals surface area contributed by atoms with E-state index in [4.69, 9.17) is 17.3 Å². The Morgan fingerprint density at radius 2 is 1.89 bits per heavy atom. The number of rotatable bonds is 6. The van der Waals surface area contributed by atoms with Crippen LogP contribution in [0.25, 0.3) is 0 Å². The van der Waals surface area contributed by atoms with Gasteiger partial charge in [-0.1, -0.05) is 42.5 Å². The minimum absolute atomic E-state index is 0.00253. The fourth-order valence-electron chi connectivity index (χ4n) is 1.37. The van der Waals surface area contributed by atoms with E-state index in [1.54, 1.807) is 24.3 Å². The van der Waals surface area contributed by atoms with Crippen LogP contribution in [0.15, 0.2) is 30.3 Å². The standard InChI is InChI=1S/C13H15NO3S/c1-9(13(16)17)14-12(18)8-7-11(15)10-5-3-2-4-6-10/h2-6,9H,7-8H2,1H3,(H,14,18)(H,16,17)/t9-/m0/s1. The Hall–Kier alpha value is -1.75. The van der Waals surface area contributed by atoms with Crippen LogP contribution in [0.2, 0.25) is 0 Å². The van der Waals surface area contributed by atoms with Crippen molar-refractivity contribution < 1.29 is 14.7 Å². The number of carboxylic acids is 1. The first kappa shape index (κ1) is 14.3. The van der Waals surface area contributed by atoms with Gasteiger partial charge in [0.1, 0.15) is 6.04 Å². The summed E-state index contributed by atoms with van der Waals surface area (Å²) in [6.07, 6.45) is 0.642. The van der Waals surface area contributed by atoms with Crippen LogP contribution in [0.3, 0.4) is 0 Å². The van der Waals surface area contributed by atoms with Gasteiger partial charge in [-0.3, -0.25) is 9.59 Å². The van der Waals surface area contributed by atoms with E-state index in [9.17, 15) is 9.59 Å².